The Morgan fingerprint density at radius 2 is 1.62 bits per heavy atom. The SMILES string of the molecule is COc1ccc(C(=O)C2C(=O)C(=O)N(CCC[NH+](C)C)C2c2ccc(OC)cc2OC)c(C)c1. The molecule has 0 bridgehead atoms. The molecule has 0 aromatic heterocycles. The number of amides is 1. The monoisotopic (exact) mass is 469 g/mol. The van der Waals surface area contributed by atoms with Gasteiger partial charge in [0.25, 0.3) is 5.91 Å². The normalized spacial score (nSPS) is 17.9. The molecule has 1 heterocycles. The number of nitrogens with zero attached hydrogens (tertiary/aromatic N) is 1. The van der Waals surface area contributed by atoms with Gasteiger partial charge in [-0.15, -0.1) is 0 Å². The van der Waals surface area contributed by atoms with Gasteiger partial charge in [0, 0.05) is 30.2 Å². The van der Waals surface area contributed by atoms with E-state index in [1.807, 2.05) is 14.1 Å². The van der Waals surface area contributed by atoms with Gasteiger partial charge in [-0.25, -0.2) is 0 Å². The smallest absolute Gasteiger partial charge is 0.291 e. The zero-order chi connectivity index (χ0) is 25.0. The molecule has 2 atom stereocenters. The summed E-state index contributed by atoms with van der Waals surface area (Å²) < 4.78 is 16.1. The third-order valence-corrected chi connectivity index (χ3v) is 6.22. The highest BCUT2D eigenvalue weighted by Gasteiger charge is 2.52. The Morgan fingerprint density at radius 3 is 2.21 bits per heavy atom. The molecule has 1 amide bonds. The van der Waals surface area contributed by atoms with Crippen molar-refractivity contribution in [2.75, 3.05) is 48.5 Å². The van der Waals surface area contributed by atoms with Crippen molar-refractivity contribution < 1.29 is 33.5 Å². The maximum Gasteiger partial charge on any atom is 0.291 e. The minimum Gasteiger partial charge on any atom is -0.497 e. The number of likely N-dealkylation sites (tertiary alicyclic amines) is 1. The van der Waals surface area contributed by atoms with Gasteiger partial charge in [-0.3, -0.25) is 14.4 Å². The first-order valence-electron chi connectivity index (χ1n) is 11.3. The molecule has 1 N–H and O–H groups in total. The molecule has 1 fully saturated rings. The van der Waals surface area contributed by atoms with E-state index in [9.17, 15) is 14.4 Å². The van der Waals surface area contributed by atoms with Crippen molar-refractivity contribution in [3.63, 3.8) is 0 Å². The van der Waals surface area contributed by atoms with E-state index in [0.717, 1.165) is 6.54 Å². The predicted molar refractivity (Wildman–Crippen MR) is 127 cm³/mol. The van der Waals surface area contributed by atoms with E-state index in [1.165, 1.54) is 16.9 Å². The van der Waals surface area contributed by atoms with Crippen LogP contribution in [0.15, 0.2) is 36.4 Å². The van der Waals surface area contributed by atoms with E-state index in [-0.39, 0.29) is 5.78 Å². The molecule has 2 aromatic carbocycles. The van der Waals surface area contributed by atoms with Gasteiger partial charge < -0.3 is 24.0 Å². The van der Waals surface area contributed by atoms with E-state index in [4.69, 9.17) is 14.2 Å². The first kappa shape index (κ1) is 25.2. The van der Waals surface area contributed by atoms with Gasteiger partial charge in [-0.1, -0.05) is 0 Å². The van der Waals surface area contributed by atoms with Crippen LogP contribution in [0.4, 0.5) is 0 Å². The van der Waals surface area contributed by atoms with Gasteiger partial charge in [-0.05, 0) is 42.8 Å². The molecule has 34 heavy (non-hydrogen) atoms. The van der Waals surface area contributed by atoms with Crippen LogP contribution in [0.3, 0.4) is 0 Å². The van der Waals surface area contributed by atoms with Gasteiger partial charge in [-0.2, -0.15) is 0 Å². The minimum atomic E-state index is -1.17. The highest BCUT2D eigenvalue weighted by molar-refractivity contribution is 6.44. The number of carbonyl (C=O) groups is 3. The second-order valence-electron chi connectivity index (χ2n) is 8.75. The molecule has 0 radical (unpaired) electrons. The number of quaternary nitrogens is 1. The van der Waals surface area contributed by atoms with Crippen LogP contribution in [-0.4, -0.2) is 70.9 Å². The number of ketones is 2. The summed E-state index contributed by atoms with van der Waals surface area (Å²) in [5, 5.41) is 0. The summed E-state index contributed by atoms with van der Waals surface area (Å²) in [6, 6.07) is 9.51. The van der Waals surface area contributed by atoms with Gasteiger partial charge in [0.05, 0.1) is 48.0 Å². The zero-order valence-electron chi connectivity index (χ0n) is 20.6. The Kier molecular flexibility index (Phi) is 7.94. The zero-order valence-corrected chi connectivity index (χ0v) is 20.6. The van der Waals surface area contributed by atoms with Crippen molar-refractivity contribution >= 4 is 17.5 Å². The number of carbonyl (C=O) groups excluding carboxylic acids is 3. The molecule has 1 aliphatic rings. The maximum absolute atomic E-state index is 13.7. The number of rotatable bonds is 10. The van der Waals surface area contributed by atoms with Gasteiger partial charge in [0.15, 0.2) is 5.78 Å². The van der Waals surface area contributed by atoms with Crippen molar-refractivity contribution in [2.45, 2.75) is 19.4 Å². The summed E-state index contributed by atoms with van der Waals surface area (Å²) >= 11 is 0. The lowest BCUT2D eigenvalue weighted by atomic mass is 9.84. The number of methoxy groups -OCH3 is 3. The number of hydrogen-bond donors (Lipinski definition) is 1. The molecule has 182 valence electrons. The van der Waals surface area contributed by atoms with Crippen LogP contribution in [0.2, 0.25) is 0 Å². The molecule has 2 unspecified atom stereocenters. The van der Waals surface area contributed by atoms with E-state index in [0.29, 0.717) is 46.9 Å². The molecule has 0 spiro atoms. The number of ether oxygens (including phenoxy) is 3. The van der Waals surface area contributed by atoms with Crippen molar-refractivity contribution in [3.05, 3.63) is 53.1 Å². The Hall–Kier alpha value is -3.39. The predicted octanol–water partition coefficient (Wildman–Crippen LogP) is 1.51. The summed E-state index contributed by atoms with van der Waals surface area (Å²) in [5.41, 5.74) is 1.67. The molecule has 3 rings (SSSR count). The average Bonchev–Trinajstić information content (AvgIpc) is 3.07. The van der Waals surface area contributed by atoms with Gasteiger partial charge >= 0.3 is 0 Å². The fraction of sp³-hybridized carbons (Fsp3) is 0.423. The lowest BCUT2D eigenvalue weighted by Gasteiger charge is -2.29. The number of benzene rings is 2. The highest BCUT2D eigenvalue weighted by atomic mass is 16.5. The van der Waals surface area contributed by atoms with Crippen molar-refractivity contribution in [2.24, 2.45) is 5.92 Å². The van der Waals surface area contributed by atoms with E-state index in [1.54, 1.807) is 57.5 Å². The van der Waals surface area contributed by atoms with Crippen LogP contribution in [-0.2, 0) is 9.59 Å². The Morgan fingerprint density at radius 1 is 0.971 bits per heavy atom. The summed E-state index contributed by atoms with van der Waals surface area (Å²) in [6.45, 7) is 2.97. The Labute approximate surface area is 200 Å². The molecule has 1 saturated heterocycles. The van der Waals surface area contributed by atoms with Crippen molar-refractivity contribution in [3.8, 4) is 17.2 Å². The standard InChI is InChI=1S/C26H32N2O6/c1-16-14-17(32-4)8-10-19(16)24(29)22-23(20-11-9-18(33-5)15-21(20)34-6)28(26(31)25(22)30)13-7-12-27(2)3/h8-11,14-15,22-23H,7,12-13H2,1-6H3/p+1. The summed E-state index contributed by atoms with van der Waals surface area (Å²) in [4.78, 5) is 42.9. The molecule has 0 saturated carbocycles. The molecule has 8 nitrogen and oxygen atoms in total. The van der Waals surface area contributed by atoms with Crippen LogP contribution >= 0.6 is 0 Å². The largest absolute Gasteiger partial charge is 0.497 e. The Bertz CT molecular complexity index is 1080. The van der Waals surface area contributed by atoms with E-state index < -0.39 is 23.7 Å². The molecule has 2 aromatic rings. The van der Waals surface area contributed by atoms with Crippen LogP contribution in [0.1, 0.15) is 33.9 Å². The fourth-order valence-corrected chi connectivity index (χ4v) is 4.45. The summed E-state index contributed by atoms with van der Waals surface area (Å²) in [7, 11) is 8.67. The Balaban J connectivity index is 2.10. The summed E-state index contributed by atoms with van der Waals surface area (Å²) in [6.07, 6.45) is 0.693. The van der Waals surface area contributed by atoms with Gasteiger partial charge in [0.2, 0.25) is 5.78 Å². The highest BCUT2D eigenvalue weighted by Crippen LogP contribution is 2.43. The number of Topliss-reactive ketones (excluding diaryl/α,β-unsaturated/α-hetero) is 2. The van der Waals surface area contributed by atoms with Crippen LogP contribution < -0.4 is 19.1 Å². The molecule has 1 aliphatic heterocycles. The quantitative estimate of drug-likeness (QED) is 0.323. The number of nitrogens with one attached hydrogen (secondary N) is 1. The fourth-order valence-electron chi connectivity index (χ4n) is 4.45. The molecular weight excluding hydrogens is 436 g/mol. The van der Waals surface area contributed by atoms with Crippen LogP contribution in [0.5, 0.6) is 17.2 Å². The third-order valence-electron chi connectivity index (χ3n) is 6.22. The molecule has 0 aliphatic carbocycles. The molecule has 8 heteroatoms. The molecular formula is C26H33N2O6+. The number of aryl methyl sites for hydroxylation is 1. The first-order valence-corrected chi connectivity index (χ1v) is 11.3. The van der Waals surface area contributed by atoms with E-state index >= 15 is 0 Å². The lowest BCUT2D eigenvalue weighted by Crippen LogP contribution is -3.05. The second kappa shape index (κ2) is 10.7. The van der Waals surface area contributed by atoms with Crippen LogP contribution in [0.25, 0.3) is 0 Å². The van der Waals surface area contributed by atoms with Crippen LogP contribution in [0, 0.1) is 12.8 Å². The number of hydrogen-bond acceptors (Lipinski definition) is 6. The summed E-state index contributed by atoms with van der Waals surface area (Å²) in [5.74, 6) is -1.24. The van der Waals surface area contributed by atoms with Gasteiger partial charge in [0.1, 0.15) is 23.2 Å². The second-order valence-corrected chi connectivity index (χ2v) is 8.75. The topological polar surface area (TPSA) is 86.6 Å². The van der Waals surface area contributed by atoms with Crippen molar-refractivity contribution in [1.82, 2.24) is 4.90 Å². The van der Waals surface area contributed by atoms with Crippen molar-refractivity contribution in [1.29, 1.82) is 0 Å². The lowest BCUT2D eigenvalue weighted by molar-refractivity contribution is -0.858. The maximum atomic E-state index is 13.7. The van der Waals surface area contributed by atoms with E-state index in [2.05, 4.69) is 0 Å². The average molecular weight is 470 g/mol. The first-order chi connectivity index (χ1) is 16.2. The minimum absolute atomic E-state index is 0.362. The third kappa shape index (κ3) is 4.92.